The summed E-state index contributed by atoms with van der Waals surface area (Å²) in [5, 5.41) is 11.4. The van der Waals surface area contributed by atoms with Crippen LogP contribution in [0.3, 0.4) is 0 Å². The molecule has 0 bridgehead atoms. The summed E-state index contributed by atoms with van der Waals surface area (Å²) >= 11 is 1.35. The molecule has 0 aliphatic heterocycles. The van der Waals surface area contributed by atoms with Gasteiger partial charge < -0.3 is 0 Å². The predicted octanol–water partition coefficient (Wildman–Crippen LogP) is 2.89. The topological polar surface area (TPSA) is 82.9 Å². The molecule has 116 valence electrons. The fourth-order valence-corrected chi connectivity index (χ4v) is 4.38. The van der Waals surface area contributed by atoms with Gasteiger partial charge in [0, 0.05) is 11.1 Å². The third-order valence-electron chi connectivity index (χ3n) is 3.02. The van der Waals surface area contributed by atoms with Crippen molar-refractivity contribution in [2.75, 3.05) is 0 Å². The molecule has 2 aromatic rings. The van der Waals surface area contributed by atoms with Crippen LogP contribution in [-0.4, -0.2) is 13.4 Å². The quantitative estimate of drug-likeness (QED) is 0.908. The lowest BCUT2D eigenvalue weighted by molar-refractivity contribution is 0.546. The molecule has 0 aliphatic rings. The van der Waals surface area contributed by atoms with Gasteiger partial charge in [0.2, 0.25) is 10.0 Å². The Balaban J connectivity index is 2.39. The molecule has 0 amide bonds. The van der Waals surface area contributed by atoms with Gasteiger partial charge in [-0.3, -0.25) is 0 Å². The maximum absolute atomic E-state index is 13.6. The SMILES string of the molecule is CC[C@@H](NS(=O)(=O)c1cccc(F)c1C#N)c1nc(C)cs1. The molecule has 0 spiro atoms. The Labute approximate surface area is 132 Å². The van der Waals surface area contributed by atoms with Gasteiger partial charge in [-0.05, 0) is 25.5 Å². The van der Waals surface area contributed by atoms with Crippen LogP contribution < -0.4 is 4.72 Å². The van der Waals surface area contributed by atoms with Gasteiger partial charge in [0.15, 0.2) is 0 Å². The van der Waals surface area contributed by atoms with Crippen LogP contribution in [-0.2, 0) is 10.0 Å². The van der Waals surface area contributed by atoms with Gasteiger partial charge in [-0.2, -0.15) is 5.26 Å². The number of nitrogens with zero attached hydrogens (tertiary/aromatic N) is 2. The Hall–Kier alpha value is -1.82. The molecule has 0 radical (unpaired) electrons. The largest absolute Gasteiger partial charge is 0.245 e. The summed E-state index contributed by atoms with van der Waals surface area (Å²) in [6.07, 6.45) is 0.489. The monoisotopic (exact) mass is 339 g/mol. The molecule has 1 N–H and O–H groups in total. The summed E-state index contributed by atoms with van der Waals surface area (Å²) < 4.78 is 41.0. The molecular formula is C14H14FN3O2S2. The van der Waals surface area contributed by atoms with Crippen molar-refractivity contribution < 1.29 is 12.8 Å². The molecule has 22 heavy (non-hydrogen) atoms. The van der Waals surface area contributed by atoms with E-state index in [9.17, 15) is 12.8 Å². The van der Waals surface area contributed by atoms with Crippen LogP contribution >= 0.6 is 11.3 Å². The van der Waals surface area contributed by atoms with E-state index in [1.54, 1.807) is 6.07 Å². The molecule has 8 heteroatoms. The van der Waals surface area contributed by atoms with Crippen molar-refractivity contribution in [1.29, 1.82) is 5.26 Å². The third kappa shape index (κ3) is 3.32. The summed E-state index contributed by atoms with van der Waals surface area (Å²) in [7, 11) is -4.02. The van der Waals surface area contributed by atoms with Gasteiger partial charge in [-0.15, -0.1) is 11.3 Å². The molecule has 1 heterocycles. The summed E-state index contributed by atoms with van der Waals surface area (Å²) in [6.45, 7) is 3.64. The number of thiazole rings is 1. The van der Waals surface area contributed by atoms with Crippen LogP contribution in [0.1, 0.15) is 35.7 Å². The molecule has 0 saturated heterocycles. The average molecular weight is 339 g/mol. The van der Waals surface area contributed by atoms with E-state index in [0.29, 0.717) is 11.4 Å². The summed E-state index contributed by atoms with van der Waals surface area (Å²) in [6, 6.07) is 4.61. The number of aromatic nitrogens is 1. The van der Waals surface area contributed by atoms with Gasteiger partial charge in [0.05, 0.1) is 6.04 Å². The van der Waals surface area contributed by atoms with Crippen LogP contribution in [0.2, 0.25) is 0 Å². The molecule has 5 nitrogen and oxygen atoms in total. The fourth-order valence-electron chi connectivity index (χ4n) is 1.93. The van der Waals surface area contributed by atoms with Crippen molar-refractivity contribution in [3.05, 3.63) is 45.7 Å². The number of nitriles is 1. The Kier molecular flexibility index (Phi) is 4.90. The maximum Gasteiger partial charge on any atom is 0.242 e. The molecular weight excluding hydrogens is 325 g/mol. The molecule has 2 rings (SSSR count). The van der Waals surface area contributed by atoms with E-state index in [4.69, 9.17) is 5.26 Å². The normalized spacial score (nSPS) is 12.8. The van der Waals surface area contributed by atoms with Crippen molar-refractivity contribution in [3.8, 4) is 6.07 Å². The molecule has 0 fully saturated rings. The lowest BCUT2D eigenvalue weighted by Gasteiger charge is -2.15. The van der Waals surface area contributed by atoms with Crippen molar-refractivity contribution in [2.24, 2.45) is 0 Å². The molecule has 1 aromatic heterocycles. The predicted molar refractivity (Wildman–Crippen MR) is 81.3 cm³/mol. The number of benzene rings is 1. The molecule has 1 atom stereocenters. The number of hydrogen-bond donors (Lipinski definition) is 1. The van der Waals surface area contributed by atoms with Gasteiger partial charge in [0.1, 0.15) is 27.4 Å². The number of rotatable bonds is 5. The van der Waals surface area contributed by atoms with E-state index >= 15 is 0 Å². The first-order valence-electron chi connectivity index (χ1n) is 6.52. The minimum absolute atomic E-state index is 0.360. The smallest absolute Gasteiger partial charge is 0.242 e. The minimum Gasteiger partial charge on any atom is -0.245 e. The Morgan fingerprint density at radius 2 is 2.23 bits per heavy atom. The van der Waals surface area contributed by atoms with Crippen molar-refractivity contribution >= 4 is 21.4 Å². The highest BCUT2D eigenvalue weighted by molar-refractivity contribution is 7.89. The number of aryl methyl sites for hydroxylation is 1. The zero-order valence-corrected chi connectivity index (χ0v) is 13.6. The van der Waals surface area contributed by atoms with E-state index in [1.165, 1.54) is 23.5 Å². The fraction of sp³-hybridized carbons (Fsp3) is 0.286. The van der Waals surface area contributed by atoms with Crippen LogP contribution in [0, 0.1) is 24.1 Å². The first-order valence-corrected chi connectivity index (χ1v) is 8.88. The minimum atomic E-state index is -4.02. The van der Waals surface area contributed by atoms with Crippen molar-refractivity contribution in [2.45, 2.75) is 31.2 Å². The summed E-state index contributed by atoms with van der Waals surface area (Å²) in [4.78, 5) is 3.91. The molecule has 1 aromatic carbocycles. The van der Waals surface area contributed by atoms with E-state index in [0.717, 1.165) is 11.8 Å². The summed E-state index contributed by atoms with van der Waals surface area (Å²) in [5.74, 6) is -0.858. The van der Waals surface area contributed by atoms with Crippen LogP contribution in [0.25, 0.3) is 0 Å². The van der Waals surface area contributed by atoms with Crippen LogP contribution in [0.4, 0.5) is 4.39 Å². The Morgan fingerprint density at radius 3 is 2.77 bits per heavy atom. The number of halogens is 1. The van der Waals surface area contributed by atoms with Gasteiger partial charge in [-0.1, -0.05) is 13.0 Å². The average Bonchev–Trinajstić information content (AvgIpc) is 2.91. The zero-order chi connectivity index (χ0) is 16.3. The number of nitrogens with one attached hydrogen (secondary N) is 1. The van der Waals surface area contributed by atoms with E-state index < -0.39 is 27.4 Å². The van der Waals surface area contributed by atoms with E-state index in [2.05, 4.69) is 9.71 Å². The second-order valence-electron chi connectivity index (χ2n) is 4.63. The maximum atomic E-state index is 13.6. The second kappa shape index (κ2) is 6.52. The lowest BCUT2D eigenvalue weighted by Crippen LogP contribution is -2.29. The van der Waals surface area contributed by atoms with Gasteiger partial charge in [-0.25, -0.2) is 22.5 Å². The Morgan fingerprint density at radius 1 is 1.50 bits per heavy atom. The second-order valence-corrected chi connectivity index (χ2v) is 7.21. The standard InChI is InChI=1S/C14H14FN3O2S2/c1-3-12(14-17-9(2)8-21-14)18-22(19,20)13-6-4-5-11(15)10(13)7-16/h4-6,8,12,18H,3H2,1-2H3/t12-/m1/s1. The van der Waals surface area contributed by atoms with Gasteiger partial charge in [0.25, 0.3) is 0 Å². The highest BCUT2D eigenvalue weighted by atomic mass is 32.2. The first kappa shape index (κ1) is 16.5. The first-order chi connectivity index (χ1) is 10.4. The van der Waals surface area contributed by atoms with E-state index in [1.807, 2.05) is 19.2 Å². The Bertz CT molecular complexity index is 825. The van der Waals surface area contributed by atoms with Crippen molar-refractivity contribution in [3.63, 3.8) is 0 Å². The molecule has 0 aliphatic carbocycles. The van der Waals surface area contributed by atoms with Crippen LogP contribution in [0.15, 0.2) is 28.5 Å². The number of hydrogen-bond acceptors (Lipinski definition) is 5. The van der Waals surface area contributed by atoms with Crippen molar-refractivity contribution in [1.82, 2.24) is 9.71 Å². The highest BCUT2D eigenvalue weighted by Crippen LogP contribution is 2.25. The van der Waals surface area contributed by atoms with Crippen LogP contribution in [0.5, 0.6) is 0 Å². The lowest BCUT2D eigenvalue weighted by atomic mass is 10.2. The molecule has 0 saturated carbocycles. The molecule has 0 unspecified atom stereocenters. The van der Waals surface area contributed by atoms with Gasteiger partial charge >= 0.3 is 0 Å². The third-order valence-corrected chi connectivity index (χ3v) is 5.61. The summed E-state index contributed by atoms with van der Waals surface area (Å²) in [5.41, 5.74) is 0.321. The number of sulfonamides is 1. The van der Waals surface area contributed by atoms with E-state index in [-0.39, 0.29) is 4.90 Å². The zero-order valence-electron chi connectivity index (χ0n) is 12.0. The highest BCUT2D eigenvalue weighted by Gasteiger charge is 2.26.